The van der Waals surface area contributed by atoms with Crippen LogP contribution in [-0.4, -0.2) is 30.6 Å². The summed E-state index contributed by atoms with van der Waals surface area (Å²) in [5.41, 5.74) is 1.39. The van der Waals surface area contributed by atoms with Gasteiger partial charge in [0.1, 0.15) is 0 Å². The zero-order valence-corrected chi connectivity index (χ0v) is 14.4. The standard InChI is InChI=1S/C18H29ClN2/c1-4-18(16-5-7-17(19)8-6-16)21(14(2)3)13-15-9-11-20-12-10-15/h5-8,14-15,18,20H,4,9-13H2,1-3H3. The number of nitrogens with zero attached hydrogens (tertiary/aromatic N) is 1. The minimum absolute atomic E-state index is 0.497. The van der Waals surface area contributed by atoms with Crippen LogP contribution in [0.4, 0.5) is 0 Å². The summed E-state index contributed by atoms with van der Waals surface area (Å²) in [5, 5.41) is 4.29. The summed E-state index contributed by atoms with van der Waals surface area (Å²) < 4.78 is 0. The zero-order valence-electron chi connectivity index (χ0n) is 13.6. The Balaban J connectivity index is 2.11. The molecule has 1 unspecified atom stereocenters. The van der Waals surface area contributed by atoms with Crippen LogP contribution in [0.5, 0.6) is 0 Å². The molecule has 1 saturated heterocycles. The van der Waals surface area contributed by atoms with Crippen molar-refractivity contribution in [1.29, 1.82) is 0 Å². The maximum atomic E-state index is 6.04. The van der Waals surface area contributed by atoms with Crippen molar-refractivity contribution in [3.8, 4) is 0 Å². The number of nitrogens with one attached hydrogen (secondary N) is 1. The Kier molecular flexibility index (Phi) is 6.53. The quantitative estimate of drug-likeness (QED) is 0.832. The summed E-state index contributed by atoms with van der Waals surface area (Å²) in [7, 11) is 0. The number of hydrogen-bond acceptors (Lipinski definition) is 2. The molecule has 2 nitrogen and oxygen atoms in total. The van der Waals surface area contributed by atoms with Crippen molar-refractivity contribution in [3.63, 3.8) is 0 Å². The Morgan fingerprint density at radius 1 is 1.19 bits per heavy atom. The first-order valence-electron chi connectivity index (χ1n) is 8.33. The van der Waals surface area contributed by atoms with Gasteiger partial charge in [0.25, 0.3) is 0 Å². The molecule has 1 heterocycles. The predicted molar refractivity (Wildman–Crippen MR) is 91.9 cm³/mol. The molecule has 0 amide bonds. The van der Waals surface area contributed by atoms with Crippen LogP contribution in [-0.2, 0) is 0 Å². The average Bonchev–Trinajstić information content (AvgIpc) is 2.49. The van der Waals surface area contributed by atoms with Gasteiger partial charge in [0.05, 0.1) is 0 Å². The molecule has 0 aromatic heterocycles. The Bertz CT molecular complexity index is 410. The second kappa shape index (κ2) is 8.17. The molecule has 0 bridgehead atoms. The van der Waals surface area contributed by atoms with Crippen LogP contribution in [0.15, 0.2) is 24.3 Å². The fourth-order valence-corrected chi connectivity index (χ4v) is 3.53. The van der Waals surface area contributed by atoms with Crippen molar-refractivity contribution in [2.45, 2.75) is 52.1 Å². The zero-order chi connectivity index (χ0) is 15.2. The largest absolute Gasteiger partial charge is 0.317 e. The van der Waals surface area contributed by atoms with Gasteiger partial charge in [-0.3, -0.25) is 4.90 Å². The Labute approximate surface area is 134 Å². The molecule has 0 saturated carbocycles. The number of halogens is 1. The highest BCUT2D eigenvalue weighted by Gasteiger charge is 2.25. The Morgan fingerprint density at radius 2 is 1.81 bits per heavy atom. The minimum atomic E-state index is 0.497. The lowest BCUT2D eigenvalue weighted by Crippen LogP contribution is -2.41. The fraction of sp³-hybridized carbons (Fsp3) is 0.667. The summed E-state index contributed by atoms with van der Waals surface area (Å²) in [4.78, 5) is 2.68. The molecule has 3 heteroatoms. The molecular weight excluding hydrogens is 280 g/mol. The van der Waals surface area contributed by atoms with E-state index in [0.29, 0.717) is 12.1 Å². The molecule has 0 spiro atoms. The molecular formula is C18H29ClN2. The molecule has 1 N–H and O–H groups in total. The van der Waals surface area contributed by atoms with E-state index in [0.717, 1.165) is 17.4 Å². The van der Waals surface area contributed by atoms with Gasteiger partial charge in [0.15, 0.2) is 0 Å². The lowest BCUT2D eigenvalue weighted by Gasteiger charge is -2.38. The molecule has 0 radical (unpaired) electrons. The second-order valence-electron chi connectivity index (χ2n) is 6.46. The first-order valence-corrected chi connectivity index (χ1v) is 8.71. The number of rotatable bonds is 6. The van der Waals surface area contributed by atoms with E-state index in [9.17, 15) is 0 Å². The summed E-state index contributed by atoms with van der Waals surface area (Å²) in [6.07, 6.45) is 3.76. The molecule has 1 atom stereocenters. The van der Waals surface area contributed by atoms with Gasteiger partial charge in [0, 0.05) is 23.7 Å². The third-order valence-corrected chi connectivity index (χ3v) is 4.88. The summed E-state index contributed by atoms with van der Waals surface area (Å²) >= 11 is 6.04. The van der Waals surface area contributed by atoms with Crippen LogP contribution >= 0.6 is 11.6 Å². The van der Waals surface area contributed by atoms with E-state index in [1.54, 1.807) is 0 Å². The number of piperidine rings is 1. The maximum absolute atomic E-state index is 6.04. The van der Waals surface area contributed by atoms with Crippen LogP contribution in [0, 0.1) is 5.92 Å². The van der Waals surface area contributed by atoms with Gasteiger partial charge in [0.2, 0.25) is 0 Å². The van der Waals surface area contributed by atoms with E-state index in [4.69, 9.17) is 11.6 Å². The molecule has 1 aromatic carbocycles. The first-order chi connectivity index (χ1) is 10.1. The molecule has 0 aliphatic carbocycles. The summed E-state index contributed by atoms with van der Waals surface area (Å²) in [6.45, 7) is 10.5. The monoisotopic (exact) mass is 308 g/mol. The molecule has 21 heavy (non-hydrogen) atoms. The Morgan fingerprint density at radius 3 is 2.33 bits per heavy atom. The smallest absolute Gasteiger partial charge is 0.0406 e. The van der Waals surface area contributed by atoms with Gasteiger partial charge in [-0.05, 0) is 69.8 Å². The van der Waals surface area contributed by atoms with Crippen molar-refractivity contribution >= 4 is 11.6 Å². The van der Waals surface area contributed by atoms with Gasteiger partial charge >= 0.3 is 0 Å². The van der Waals surface area contributed by atoms with Crippen molar-refractivity contribution in [2.24, 2.45) is 5.92 Å². The van der Waals surface area contributed by atoms with Crippen LogP contribution in [0.1, 0.15) is 51.6 Å². The van der Waals surface area contributed by atoms with Crippen molar-refractivity contribution in [3.05, 3.63) is 34.9 Å². The first kappa shape index (κ1) is 16.8. The summed E-state index contributed by atoms with van der Waals surface area (Å²) in [6, 6.07) is 9.48. The van der Waals surface area contributed by atoms with Crippen molar-refractivity contribution < 1.29 is 0 Å². The highest BCUT2D eigenvalue weighted by Crippen LogP contribution is 2.29. The van der Waals surface area contributed by atoms with Gasteiger partial charge in [-0.15, -0.1) is 0 Å². The van der Waals surface area contributed by atoms with Crippen molar-refractivity contribution in [2.75, 3.05) is 19.6 Å². The van der Waals surface area contributed by atoms with E-state index in [1.807, 2.05) is 12.1 Å². The average molecular weight is 309 g/mol. The number of hydrogen-bond donors (Lipinski definition) is 1. The van der Waals surface area contributed by atoms with Gasteiger partial charge in [-0.25, -0.2) is 0 Å². The molecule has 2 rings (SSSR count). The fourth-order valence-electron chi connectivity index (χ4n) is 3.41. The molecule has 1 aliphatic heterocycles. The minimum Gasteiger partial charge on any atom is -0.317 e. The van der Waals surface area contributed by atoms with E-state index in [1.165, 1.54) is 38.0 Å². The molecule has 1 aromatic rings. The number of benzene rings is 1. The van der Waals surface area contributed by atoms with E-state index < -0.39 is 0 Å². The third-order valence-electron chi connectivity index (χ3n) is 4.63. The lowest BCUT2D eigenvalue weighted by atomic mass is 9.94. The van der Waals surface area contributed by atoms with Crippen LogP contribution in [0.25, 0.3) is 0 Å². The lowest BCUT2D eigenvalue weighted by molar-refractivity contribution is 0.113. The molecule has 1 aliphatic rings. The van der Waals surface area contributed by atoms with Crippen LogP contribution in [0.2, 0.25) is 5.02 Å². The Hall–Kier alpha value is -0.570. The van der Waals surface area contributed by atoms with E-state index in [-0.39, 0.29) is 0 Å². The van der Waals surface area contributed by atoms with Crippen LogP contribution < -0.4 is 5.32 Å². The normalized spacial score (nSPS) is 18.4. The third kappa shape index (κ3) is 4.70. The van der Waals surface area contributed by atoms with Gasteiger partial charge in [-0.2, -0.15) is 0 Å². The highest BCUT2D eigenvalue weighted by atomic mass is 35.5. The predicted octanol–water partition coefficient (Wildman–Crippen LogP) is 4.50. The maximum Gasteiger partial charge on any atom is 0.0406 e. The van der Waals surface area contributed by atoms with Gasteiger partial charge < -0.3 is 5.32 Å². The van der Waals surface area contributed by atoms with Crippen LogP contribution in [0.3, 0.4) is 0 Å². The summed E-state index contributed by atoms with van der Waals surface area (Å²) in [5.74, 6) is 0.829. The topological polar surface area (TPSA) is 15.3 Å². The van der Waals surface area contributed by atoms with E-state index in [2.05, 4.69) is 43.1 Å². The van der Waals surface area contributed by atoms with Crippen molar-refractivity contribution in [1.82, 2.24) is 10.2 Å². The second-order valence-corrected chi connectivity index (χ2v) is 6.90. The SMILES string of the molecule is CCC(c1ccc(Cl)cc1)N(CC1CCNCC1)C(C)C. The van der Waals surface area contributed by atoms with E-state index >= 15 is 0 Å². The van der Waals surface area contributed by atoms with Gasteiger partial charge in [-0.1, -0.05) is 30.7 Å². The highest BCUT2D eigenvalue weighted by molar-refractivity contribution is 6.30. The molecule has 118 valence electrons. The molecule has 1 fully saturated rings.